The number of hydrogen-bond acceptors (Lipinski definition) is 6. The Morgan fingerprint density at radius 2 is 0.700 bits per heavy atom. The topological polar surface area (TPSA) is 77.4 Å². The summed E-state index contributed by atoms with van der Waals surface area (Å²) in [6, 6.07) is 25.7. The lowest BCUT2D eigenvalue weighted by atomic mass is 10.1. The van der Waals surface area contributed by atoms with Gasteiger partial charge in [0.25, 0.3) is 0 Å². The highest BCUT2D eigenvalue weighted by molar-refractivity contribution is 5.72. The number of benzene rings is 4. The Labute approximate surface area is 238 Å². The quantitative estimate of drug-likeness (QED) is 0.217. The minimum atomic E-state index is 0. The van der Waals surface area contributed by atoms with Gasteiger partial charge in [0.15, 0.2) is 0 Å². The van der Waals surface area contributed by atoms with Gasteiger partial charge in [0.05, 0.1) is 28.4 Å². The highest BCUT2D eigenvalue weighted by atomic mass is 16.5. The summed E-state index contributed by atoms with van der Waals surface area (Å²) < 4.78 is 20.4. The lowest BCUT2D eigenvalue weighted by Crippen LogP contribution is -1.83. The van der Waals surface area contributed by atoms with Crippen LogP contribution < -0.4 is 18.9 Å². The van der Waals surface area contributed by atoms with E-state index in [-0.39, 0.29) is 26.4 Å². The largest absolute Gasteiger partial charge is 0.508 e. The maximum atomic E-state index is 9.56. The molecule has 0 amide bonds. The Balaban J connectivity index is 0.000000381. The molecule has 0 radical (unpaired) electrons. The maximum Gasteiger partial charge on any atom is 0.123 e. The number of ether oxygens (including phenoxy) is 4. The number of hydrogen-bond donors (Lipinski definition) is 2. The van der Waals surface area contributed by atoms with Gasteiger partial charge in [-0.2, -0.15) is 0 Å². The van der Waals surface area contributed by atoms with Crippen LogP contribution in [0, 0.1) is 0 Å². The Morgan fingerprint density at radius 3 is 1.00 bits per heavy atom. The van der Waals surface area contributed by atoms with E-state index in [9.17, 15) is 10.2 Å². The van der Waals surface area contributed by atoms with Gasteiger partial charge in [0.1, 0.15) is 34.5 Å². The molecule has 0 heterocycles. The van der Waals surface area contributed by atoms with Crippen molar-refractivity contribution >= 4 is 24.3 Å². The number of phenols is 2. The normalized spacial score (nSPS) is 10.1. The van der Waals surface area contributed by atoms with E-state index in [1.165, 1.54) is 0 Å². The fourth-order valence-electron chi connectivity index (χ4n) is 3.45. The molecular formula is C34H40O6. The second-order valence-electron chi connectivity index (χ2n) is 8.14. The van der Waals surface area contributed by atoms with Crippen molar-refractivity contribution in [3.8, 4) is 34.5 Å². The fraction of sp³-hybridized carbons (Fsp3) is 0.176. The fourth-order valence-corrected chi connectivity index (χ4v) is 3.45. The van der Waals surface area contributed by atoms with Crippen molar-refractivity contribution in [3.63, 3.8) is 0 Å². The van der Waals surface area contributed by atoms with E-state index in [0.29, 0.717) is 11.5 Å². The Morgan fingerprint density at radius 1 is 0.400 bits per heavy atom. The van der Waals surface area contributed by atoms with Crippen LogP contribution >= 0.6 is 0 Å². The zero-order valence-corrected chi connectivity index (χ0v) is 21.9. The van der Waals surface area contributed by atoms with Crippen molar-refractivity contribution in [2.45, 2.75) is 14.9 Å². The van der Waals surface area contributed by atoms with E-state index in [1.807, 2.05) is 85.0 Å². The van der Waals surface area contributed by atoms with Crippen LogP contribution in [0.1, 0.15) is 37.1 Å². The molecule has 0 spiro atoms. The smallest absolute Gasteiger partial charge is 0.123 e. The van der Waals surface area contributed by atoms with Gasteiger partial charge in [-0.05, 0) is 70.8 Å². The Bertz CT molecular complexity index is 1250. The summed E-state index contributed by atoms with van der Waals surface area (Å²) in [5.74, 6) is 3.30. The maximum absolute atomic E-state index is 9.56. The number of rotatable bonds is 8. The van der Waals surface area contributed by atoms with Gasteiger partial charge < -0.3 is 29.2 Å². The van der Waals surface area contributed by atoms with Gasteiger partial charge in [-0.3, -0.25) is 0 Å². The monoisotopic (exact) mass is 544 g/mol. The van der Waals surface area contributed by atoms with Crippen molar-refractivity contribution in [1.29, 1.82) is 0 Å². The van der Waals surface area contributed by atoms with Crippen LogP contribution in [0.2, 0.25) is 0 Å². The summed E-state index contributed by atoms with van der Waals surface area (Å²) in [5.41, 5.74) is 3.88. The number of methoxy groups -OCH3 is 4. The molecule has 0 bridgehead atoms. The molecule has 4 aromatic rings. The molecule has 0 aliphatic rings. The third-order valence-corrected chi connectivity index (χ3v) is 5.47. The third kappa shape index (κ3) is 10.5. The third-order valence-electron chi connectivity index (χ3n) is 5.47. The zero-order valence-electron chi connectivity index (χ0n) is 21.9. The van der Waals surface area contributed by atoms with Crippen LogP contribution in [0.4, 0.5) is 0 Å². The molecular weight excluding hydrogens is 504 g/mol. The average Bonchev–Trinajstić information content (AvgIpc) is 2.95. The van der Waals surface area contributed by atoms with E-state index < -0.39 is 0 Å². The lowest BCUT2D eigenvalue weighted by Gasteiger charge is -2.03. The van der Waals surface area contributed by atoms with Gasteiger partial charge in [0, 0.05) is 12.1 Å². The molecule has 0 saturated heterocycles. The molecule has 40 heavy (non-hydrogen) atoms. The Hall–Kier alpha value is -4.84. The van der Waals surface area contributed by atoms with Crippen LogP contribution in [0.5, 0.6) is 34.5 Å². The van der Waals surface area contributed by atoms with Crippen molar-refractivity contribution in [2.24, 2.45) is 0 Å². The standard InChI is InChI=1S/2C16H16O3.2CH4/c2*1-18-15-7-5-12(6-8-15)3-4-13-9-14(17)11-16(10-13)19-2;;/h2*3-11,17H,1-2H3;2*1H4/b4-3+;4-3-;;. The number of aromatic hydroxyl groups is 2. The predicted molar refractivity (Wildman–Crippen MR) is 167 cm³/mol. The average molecular weight is 545 g/mol. The first-order chi connectivity index (χ1) is 18.4. The molecule has 0 unspecified atom stereocenters. The lowest BCUT2D eigenvalue weighted by molar-refractivity contribution is 0.407. The van der Waals surface area contributed by atoms with Crippen molar-refractivity contribution in [1.82, 2.24) is 0 Å². The first-order valence-corrected chi connectivity index (χ1v) is 11.8. The van der Waals surface area contributed by atoms with Crippen molar-refractivity contribution in [3.05, 3.63) is 107 Å². The van der Waals surface area contributed by atoms with E-state index in [1.54, 1.807) is 52.7 Å². The summed E-state index contributed by atoms with van der Waals surface area (Å²) in [5, 5.41) is 19.1. The molecule has 6 heteroatoms. The minimum absolute atomic E-state index is 0. The second-order valence-corrected chi connectivity index (χ2v) is 8.14. The SMILES string of the molecule is C.C.COc1ccc(/C=C/c2cc(O)cc(OC)c2)cc1.COc1ccc(/C=C\c2cc(O)cc(OC)c2)cc1. The molecule has 4 rings (SSSR count). The molecule has 0 aliphatic carbocycles. The van der Waals surface area contributed by atoms with Gasteiger partial charge in [-0.1, -0.05) is 63.4 Å². The molecule has 212 valence electrons. The van der Waals surface area contributed by atoms with Gasteiger partial charge in [-0.15, -0.1) is 0 Å². The van der Waals surface area contributed by atoms with E-state index in [4.69, 9.17) is 18.9 Å². The van der Waals surface area contributed by atoms with E-state index in [0.717, 1.165) is 33.8 Å². The van der Waals surface area contributed by atoms with Crippen LogP contribution in [0.3, 0.4) is 0 Å². The first kappa shape index (κ1) is 33.2. The van der Waals surface area contributed by atoms with Gasteiger partial charge >= 0.3 is 0 Å². The Kier molecular flexibility index (Phi) is 14.0. The summed E-state index contributed by atoms with van der Waals surface area (Å²) in [7, 11) is 6.44. The molecule has 0 aliphatic heterocycles. The molecule has 4 aromatic carbocycles. The molecule has 2 N–H and O–H groups in total. The second kappa shape index (κ2) is 16.9. The summed E-state index contributed by atoms with van der Waals surface area (Å²) in [6.07, 6.45) is 7.77. The molecule has 0 aromatic heterocycles. The van der Waals surface area contributed by atoms with E-state index in [2.05, 4.69) is 0 Å². The van der Waals surface area contributed by atoms with E-state index >= 15 is 0 Å². The molecule has 6 nitrogen and oxygen atoms in total. The van der Waals surface area contributed by atoms with Crippen LogP contribution in [-0.2, 0) is 0 Å². The molecule has 0 fully saturated rings. The van der Waals surface area contributed by atoms with Gasteiger partial charge in [0.2, 0.25) is 0 Å². The predicted octanol–water partition coefficient (Wildman–Crippen LogP) is 8.43. The molecule has 0 saturated carbocycles. The van der Waals surface area contributed by atoms with Crippen molar-refractivity contribution < 1.29 is 29.2 Å². The van der Waals surface area contributed by atoms with Crippen LogP contribution in [0.25, 0.3) is 24.3 Å². The summed E-state index contributed by atoms with van der Waals surface area (Å²) in [4.78, 5) is 0. The minimum Gasteiger partial charge on any atom is -0.508 e. The summed E-state index contributed by atoms with van der Waals surface area (Å²) in [6.45, 7) is 0. The number of phenolic OH excluding ortho intramolecular Hbond substituents is 2. The zero-order chi connectivity index (χ0) is 27.3. The van der Waals surface area contributed by atoms with Gasteiger partial charge in [-0.25, -0.2) is 0 Å². The molecule has 0 atom stereocenters. The highest BCUT2D eigenvalue weighted by Gasteiger charge is 1.99. The first-order valence-electron chi connectivity index (χ1n) is 11.8. The highest BCUT2D eigenvalue weighted by Crippen LogP contribution is 2.24. The summed E-state index contributed by atoms with van der Waals surface area (Å²) >= 11 is 0. The van der Waals surface area contributed by atoms with Crippen molar-refractivity contribution in [2.75, 3.05) is 28.4 Å². The van der Waals surface area contributed by atoms with Crippen LogP contribution in [-0.4, -0.2) is 38.7 Å². The van der Waals surface area contributed by atoms with Crippen LogP contribution in [0.15, 0.2) is 84.9 Å².